The summed E-state index contributed by atoms with van der Waals surface area (Å²) in [6, 6.07) is 1.17. The Morgan fingerprint density at radius 3 is 2.44 bits per heavy atom. The molecular weight excluding hydrogens is 342 g/mol. The topological polar surface area (TPSA) is 86.7 Å². The molecule has 136 valence electrons. The van der Waals surface area contributed by atoms with Crippen LogP contribution in [0.15, 0.2) is 18.5 Å². The van der Waals surface area contributed by atoms with Crippen LogP contribution in [0.5, 0.6) is 0 Å². The maximum absolute atomic E-state index is 12.8. The van der Waals surface area contributed by atoms with Gasteiger partial charge in [-0.1, -0.05) is 0 Å². The summed E-state index contributed by atoms with van der Waals surface area (Å²) in [5.41, 5.74) is 0. The van der Waals surface area contributed by atoms with Gasteiger partial charge in [0.2, 0.25) is 11.9 Å². The average molecular weight is 365 g/mol. The van der Waals surface area contributed by atoms with Crippen molar-refractivity contribution in [1.82, 2.24) is 19.8 Å². The summed E-state index contributed by atoms with van der Waals surface area (Å²) in [5, 5.41) is 0. The van der Waals surface area contributed by atoms with Crippen LogP contribution in [-0.4, -0.2) is 90.4 Å². The number of amides is 1. The number of carbonyl (C=O) groups is 1. The molecule has 25 heavy (non-hydrogen) atoms. The van der Waals surface area contributed by atoms with Crippen molar-refractivity contribution in [2.24, 2.45) is 0 Å². The van der Waals surface area contributed by atoms with Crippen LogP contribution in [0.25, 0.3) is 0 Å². The Hall–Kier alpha value is -1.74. The molecule has 1 aromatic heterocycles. The molecule has 0 N–H and O–H groups in total. The minimum absolute atomic E-state index is 0.0345. The van der Waals surface area contributed by atoms with Crippen molar-refractivity contribution in [3.8, 4) is 0 Å². The first-order valence-electron chi connectivity index (χ1n) is 8.79. The highest BCUT2D eigenvalue weighted by molar-refractivity contribution is 7.91. The fraction of sp³-hybridized carbons (Fsp3) is 0.688. The Bertz CT molecular complexity index is 735. The standard InChI is InChI=1S/C16H23N5O3S/c22-15(10-19-6-1-2-7-19)20-8-9-21(16-17-4-3-5-18-16)14-12-25(23,24)11-13(14)20/h3-5,13-14H,1-2,6-12H2/t13-,14+/m0/s1. The van der Waals surface area contributed by atoms with Gasteiger partial charge in [0.25, 0.3) is 0 Å². The van der Waals surface area contributed by atoms with E-state index in [4.69, 9.17) is 0 Å². The van der Waals surface area contributed by atoms with Gasteiger partial charge in [0.1, 0.15) is 0 Å². The number of hydrogen-bond acceptors (Lipinski definition) is 7. The first kappa shape index (κ1) is 16.7. The van der Waals surface area contributed by atoms with Gasteiger partial charge in [-0.25, -0.2) is 18.4 Å². The molecule has 0 spiro atoms. The molecule has 3 saturated heterocycles. The number of anilines is 1. The van der Waals surface area contributed by atoms with Gasteiger partial charge in [-0.3, -0.25) is 9.69 Å². The van der Waals surface area contributed by atoms with Crippen molar-refractivity contribution in [1.29, 1.82) is 0 Å². The van der Waals surface area contributed by atoms with Crippen LogP contribution in [0.2, 0.25) is 0 Å². The number of aromatic nitrogens is 2. The van der Waals surface area contributed by atoms with Crippen LogP contribution in [-0.2, 0) is 14.6 Å². The second kappa shape index (κ2) is 6.53. The first-order chi connectivity index (χ1) is 12.0. The molecule has 8 nitrogen and oxygen atoms in total. The monoisotopic (exact) mass is 365 g/mol. The number of fused-ring (bicyclic) bond motifs is 1. The fourth-order valence-electron chi connectivity index (χ4n) is 4.17. The molecule has 0 saturated carbocycles. The molecule has 2 atom stereocenters. The molecule has 0 aliphatic carbocycles. The SMILES string of the molecule is O=C(CN1CCCC1)N1CCN(c2ncccn2)[C@@H]2CS(=O)(=O)C[C@@H]21. The van der Waals surface area contributed by atoms with Gasteiger partial charge >= 0.3 is 0 Å². The summed E-state index contributed by atoms with van der Waals surface area (Å²) in [5.74, 6) is 0.680. The maximum Gasteiger partial charge on any atom is 0.237 e. The van der Waals surface area contributed by atoms with Gasteiger partial charge in [0.15, 0.2) is 9.84 Å². The quantitative estimate of drug-likeness (QED) is 0.706. The zero-order valence-corrected chi connectivity index (χ0v) is 14.9. The average Bonchev–Trinajstić information content (AvgIpc) is 3.20. The number of rotatable bonds is 3. The van der Waals surface area contributed by atoms with E-state index >= 15 is 0 Å². The Morgan fingerprint density at radius 2 is 1.72 bits per heavy atom. The van der Waals surface area contributed by atoms with E-state index in [0.717, 1.165) is 25.9 Å². The Labute approximate surface area is 147 Å². The lowest BCUT2D eigenvalue weighted by Gasteiger charge is -2.44. The number of nitrogens with zero attached hydrogens (tertiary/aromatic N) is 5. The van der Waals surface area contributed by atoms with E-state index in [9.17, 15) is 13.2 Å². The zero-order valence-electron chi connectivity index (χ0n) is 14.1. The minimum atomic E-state index is -3.17. The molecule has 9 heteroatoms. The predicted molar refractivity (Wildman–Crippen MR) is 93.0 cm³/mol. The largest absolute Gasteiger partial charge is 0.334 e. The summed E-state index contributed by atoms with van der Waals surface area (Å²) < 4.78 is 24.5. The molecule has 3 aliphatic rings. The van der Waals surface area contributed by atoms with Gasteiger partial charge in [0, 0.05) is 25.5 Å². The molecule has 3 fully saturated rings. The van der Waals surface area contributed by atoms with Gasteiger partial charge in [0.05, 0.1) is 30.1 Å². The fourth-order valence-corrected chi connectivity index (χ4v) is 6.15. The van der Waals surface area contributed by atoms with Gasteiger partial charge in [-0.05, 0) is 32.0 Å². The van der Waals surface area contributed by atoms with Crippen molar-refractivity contribution >= 4 is 21.7 Å². The lowest BCUT2D eigenvalue weighted by Crippen LogP contribution is -2.62. The van der Waals surface area contributed by atoms with E-state index < -0.39 is 9.84 Å². The summed E-state index contributed by atoms with van der Waals surface area (Å²) in [4.78, 5) is 27.2. The molecule has 4 heterocycles. The van der Waals surface area contributed by atoms with Crippen LogP contribution < -0.4 is 4.90 Å². The van der Waals surface area contributed by atoms with Gasteiger partial charge in [-0.15, -0.1) is 0 Å². The molecule has 1 aromatic rings. The Kier molecular flexibility index (Phi) is 4.36. The van der Waals surface area contributed by atoms with Crippen molar-refractivity contribution in [2.75, 3.05) is 49.1 Å². The van der Waals surface area contributed by atoms with E-state index in [1.807, 2.05) is 4.90 Å². The smallest absolute Gasteiger partial charge is 0.237 e. The summed E-state index contributed by atoms with van der Waals surface area (Å²) in [6.07, 6.45) is 5.58. The molecular formula is C16H23N5O3S. The van der Waals surface area contributed by atoms with Crippen LogP contribution in [0, 0.1) is 0 Å². The highest BCUT2D eigenvalue weighted by Crippen LogP contribution is 2.29. The second-order valence-electron chi connectivity index (χ2n) is 7.02. The molecule has 0 bridgehead atoms. The molecule has 0 aromatic carbocycles. The third-order valence-electron chi connectivity index (χ3n) is 5.36. The number of likely N-dealkylation sites (tertiary alicyclic amines) is 1. The van der Waals surface area contributed by atoms with Crippen molar-refractivity contribution in [3.63, 3.8) is 0 Å². The van der Waals surface area contributed by atoms with Crippen molar-refractivity contribution in [3.05, 3.63) is 18.5 Å². The maximum atomic E-state index is 12.8. The van der Waals surface area contributed by atoms with Crippen molar-refractivity contribution < 1.29 is 13.2 Å². The molecule has 3 aliphatic heterocycles. The summed E-state index contributed by atoms with van der Waals surface area (Å²) in [7, 11) is -3.17. The highest BCUT2D eigenvalue weighted by atomic mass is 32.2. The van der Waals surface area contributed by atoms with E-state index in [1.54, 1.807) is 23.4 Å². The van der Waals surface area contributed by atoms with Gasteiger partial charge < -0.3 is 9.80 Å². The second-order valence-corrected chi connectivity index (χ2v) is 9.18. The lowest BCUT2D eigenvalue weighted by molar-refractivity contribution is -0.135. The first-order valence-corrected chi connectivity index (χ1v) is 10.6. The number of sulfone groups is 1. The molecule has 4 rings (SSSR count). The summed E-state index contributed by atoms with van der Waals surface area (Å²) >= 11 is 0. The van der Waals surface area contributed by atoms with E-state index in [0.29, 0.717) is 25.6 Å². The van der Waals surface area contributed by atoms with Gasteiger partial charge in [-0.2, -0.15) is 0 Å². The van der Waals surface area contributed by atoms with E-state index in [1.165, 1.54) is 0 Å². The molecule has 0 unspecified atom stereocenters. The minimum Gasteiger partial charge on any atom is -0.334 e. The third-order valence-corrected chi connectivity index (χ3v) is 7.06. The third kappa shape index (κ3) is 3.35. The van der Waals surface area contributed by atoms with Crippen LogP contribution in [0.3, 0.4) is 0 Å². The Balaban J connectivity index is 1.55. The number of piperazine rings is 1. The normalized spacial score (nSPS) is 29.0. The van der Waals surface area contributed by atoms with Crippen LogP contribution in [0.4, 0.5) is 5.95 Å². The Morgan fingerprint density at radius 1 is 1.04 bits per heavy atom. The van der Waals surface area contributed by atoms with Crippen LogP contribution in [0.1, 0.15) is 12.8 Å². The van der Waals surface area contributed by atoms with Crippen LogP contribution >= 0.6 is 0 Å². The molecule has 1 amide bonds. The van der Waals surface area contributed by atoms with Crippen molar-refractivity contribution in [2.45, 2.75) is 24.9 Å². The number of carbonyl (C=O) groups excluding carboxylic acids is 1. The molecule has 0 radical (unpaired) electrons. The highest BCUT2D eigenvalue weighted by Gasteiger charge is 2.48. The lowest BCUT2D eigenvalue weighted by atomic mass is 10.0. The summed E-state index contributed by atoms with van der Waals surface area (Å²) in [6.45, 7) is 3.38. The zero-order chi connectivity index (χ0) is 17.4. The predicted octanol–water partition coefficient (Wildman–Crippen LogP) is -0.613. The number of hydrogen-bond donors (Lipinski definition) is 0. The van der Waals surface area contributed by atoms with E-state index in [-0.39, 0.29) is 29.5 Å². The van der Waals surface area contributed by atoms with E-state index in [2.05, 4.69) is 14.9 Å².